The summed E-state index contributed by atoms with van der Waals surface area (Å²) in [7, 11) is -4.06. The maximum absolute atomic E-state index is 12.2. The van der Waals surface area contributed by atoms with Gasteiger partial charge in [0.15, 0.2) is 0 Å². The van der Waals surface area contributed by atoms with E-state index < -0.39 is 34.2 Å². The minimum Gasteiger partial charge on any atom is -0.480 e. The van der Waals surface area contributed by atoms with Crippen molar-refractivity contribution >= 4 is 33.5 Å². The van der Waals surface area contributed by atoms with Crippen molar-refractivity contribution < 1.29 is 27.4 Å². The lowest BCUT2D eigenvalue weighted by atomic mass is 10.0. The van der Waals surface area contributed by atoms with Crippen molar-refractivity contribution in [2.45, 2.75) is 29.1 Å². The number of aliphatic carboxylic acids is 1. The molecule has 1 unspecified atom stereocenters. The molecule has 2 saturated heterocycles. The third kappa shape index (κ3) is 2.39. The molecule has 2 amide bonds. The molecule has 2 aliphatic rings. The minimum absolute atomic E-state index is 0.00142. The van der Waals surface area contributed by atoms with Crippen LogP contribution in [0.15, 0.2) is 21.7 Å². The molecule has 3 rings (SSSR count). The molecule has 2 fully saturated rings. The first-order valence-corrected chi connectivity index (χ1v) is 8.49. The molecule has 0 radical (unpaired) electrons. The number of carbonyl (C=O) groups excluding carboxylic acids is 1. The molecule has 1 aromatic rings. The van der Waals surface area contributed by atoms with Gasteiger partial charge in [0.2, 0.25) is 0 Å². The Morgan fingerprint density at radius 3 is 2.81 bits per heavy atom. The first-order valence-electron chi connectivity index (χ1n) is 6.21. The summed E-state index contributed by atoms with van der Waals surface area (Å²) in [5.74, 6) is -1.09. The second-order valence-corrected chi connectivity index (χ2v) is 7.51. The number of amides is 2. The van der Waals surface area contributed by atoms with Gasteiger partial charge in [-0.05, 0) is 24.3 Å². The molecule has 1 N–H and O–H groups in total. The van der Waals surface area contributed by atoms with Crippen LogP contribution in [0, 0.1) is 0 Å². The minimum atomic E-state index is -4.06. The summed E-state index contributed by atoms with van der Waals surface area (Å²) in [6.07, 6.45) is 0.670. The molecule has 3 heterocycles. The van der Waals surface area contributed by atoms with E-state index in [4.69, 9.17) is 9.39 Å². The number of piperidine rings is 1. The van der Waals surface area contributed by atoms with E-state index in [1.807, 2.05) is 0 Å². The van der Waals surface area contributed by atoms with E-state index in [9.17, 15) is 18.0 Å². The van der Waals surface area contributed by atoms with Crippen LogP contribution in [0.25, 0.3) is 0 Å². The van der Waals surface area contributed by atoms with Crippen molar-refractivity contribution in [1.29, 1.82) is 0 Å². The van der Waals surface area contributed by atoms with Crippen molar-refractivity contribution in [3.8, 4) is 0 Å². The Labute approximate surface area is 124 Å². The smallest absolute Gasteiger partial charge is 0.346 e. The van der Waals surface area contributed by atoms with Gasteiger partial charge in [-0.25, -0.2) is 9.59 Å². The van der Waals surface area contributed by atoms with Crippen molar-refractivity contribution in [3.63, 3.8) is 0 Å². The third-order valence-electron chi connectivity index (χ3n) is 3.53. The lowest BCUT2D eigenvalue weighted by molar-refractivity contribution is -0.142. The summed E-state index contributed by atoms with van der Waals surface area (Å²) < 4.78 is 29.0. The maximum Gasteiger partial charge on any atom is 0.346 e. The van der Waals surface area contributed by atoms with Crippen LogP contribution in [0.1, 0.15) is 12.8 Å². The number of rotatable bonds is 4. The number of carbonyl (C=O) groups is 2. The average Bonchev–Trinajstić information content (AvgIpc) is 3.04. The zero-order valence-corrected chi connectivity index (χ0v) is 12.3. The van der Waals surface area contributed by atoms with Gasteiger partial charge >= 0.3 is 22.1 Å². The molecule has 10 heteroatoms. The van der Waals surface area contributed by atoms with Gasteiger partial charge in [-0.2, -0.15) is 13.5 Å². The maximum atomic E-state index is 12.2. The summed E-state index contributed by atoms with van der Waals surface area (Å²) >= 11 is 0.987. The first kappa shape index (κ1) is 14.3. The highest BCUT2D eigenvalue weighted by atomic mass is 32.3. The van der Waals surface area contributed by atoms with E-state index in [1.165, 1.54) is 6.07 Å². The molecule has 21 heavy (non-hydrogen) atoms. The zero-order chi connectivity index (χ0) is 15.2. The normalized spacial score (nSPS) is 25.4. The summed E-state index contributed by atoms with van der Waals surface area (Å²) in [5, 5.41) is 11.5. The Balaban J connectivity index is 1.82. The number of hydrogen-bond acceptors (Lipinski definition) is 6. The first-order chi connectivity index (χ1) is 9.90. The van der Waals surface area contributed by atoms with E-state index in [0.717, 1.165) is 21.3 Å². The fourth-order valence-electron chi connectivity index (χ4n) is 2.53. The van der Waals surface area contributed by atoms with Gasteiger partial charge in [-0.1, -0.05) is 6.07 Å². The Hall–Kier alpha value is -1.65. The van der Waals surface area contributed by atoms with Crippen LogP contribution in [-0.4, -0.2) is 54.1 Å². The fraction of sp³-hybridized carbons (Fsp3) is 0.455. The third-order valence-corrected chi connectivity index (χ3v) is 6.08. The Morgan fingerprint density at radius 2 is 2.19 bits per heavy atom. The number of thiophene rings is 1. The topological polar surface area (TPSA) is 104 Å². The quantitative estimate of drug-likeness (QED) is 0.871. The summed E-state index contributed by atoms with van der Waals surface area (Å²) in [6.45, 7) is 0.162. The molecule has 2 aliphatic heterocycles. The highest BCUT2D eigenvalue weighted by molar-refractivity contribution is 7.88. The van der Waals surface area contributed by atoms with Gasteiger partial charge < -0.3 is 10.0 Å². The molecule has 1 aromatic heterocycles. The second-order valence-electron chi connectivity index (χ2n) is 4.81. The monoisotopic (exact) mass is 332 g/mol. The van der Waals surface area contributed by atoms with Gasteiger partial charge in [0, 0.05) is 6.54 Å². The van der Waals surface area contributed by atoms with Crippen LogP contribution in [0.5, 0.6) is 0 Å². The molecule has 2 atom stereocenters. The number of nitrogens with zero attached hydrogens (tertiary/aromatic N) is 2. The van der Waals surface area contributed by atoms with Gasteiger partial charge in [0.05, 0.1) is 6.04 Å². The molecule has 0 spiro atoms. The van der Waals surface area contributed by atoms with Crippen molar-refractivity contribution in [3.05, 3.63) is 17.5 Å². The Morgan fingerprint density at radius 1 is 1.43 bits per heavy atom. The van der Waals surface area contributed by atoms with Gasteiger partial charge in [0.25, 0.3) is 0 Å². The fourth-order valence-corrected chi connectivity index (χ4v) is 4.43. The molecule has 2 bridgehead atoms. The van der Waals surface area contributed by atoms with Crippen molar-refractivity contribution in [2.24, 2.45) is 0 Å². The SMILES string of the molecule is O=C(O)C1CC[C@@H]2CN1C(=O)N2OS(=O)(=O)c1cccs1. The van der Waals surface area contributed by atoms with Crippen LogP contribution in [0.3, 0.4) is 0 Å². The van der Waals surface area contributed by atoms with Crippen LogP contribution >= 0.6 is 11.3 Å². The van der Waals surface area contributed by atoms with Gasteiger partial charge in [-0.3, -0.25) is 0 Å². The second kappa shape index (κ2) is 4.97. The standard InChI is InChI=1S/C11H12N2O6S2/c14-10(15)8-4-3-7-6-12(8)11(16)13(7)19-21(17,18)9-2-1-5-20-9/h1-2,5,7-8H,3-4,6H2,(H,14,15)/t7-,8?/m1/s1. The Kier molecular flexibility index (Phi) is 3.38. The average molecular weight is 332 g/mol. The number of hydrogen-bond donors (Lipinski definition) is 1. The van der Waals surface area contributed by atoms with E-state index >= 15 is 0 Å². The van der Waals surface area contributed by atoms with Crippen molar-refractivity contribution in [1.82, 2.24) is 9.96 Å². The molecule has 8 nitrogen and oxygen atoms in total. The molecular weight excluding hydrogens is 320 g/mol. The van der Waals surface area contributed by atoms with Crippen LogP contribution in [0.2, 0.25) is 0 Å². The van der Waals surface area contributed by atoms with Gasteiger partial charge in [-0.15, -0.1) is 15.6 Å². The number of carboxylic acids is 1. The molecule has 0 aromatic carbocycles. The van der Waals surface area contributed by atoms with Crippen LogP contribution in [-0.2, 0) is 19.2 Å². The molecule has 0 saturated carbocycles. The number of fused-ring (bicyclic) bond motifs is 2. The molecule has 114 valence electrons. The lowest BCUT2D eigenvalue weighted by Gasteiger charge is -2.26. The van der Waals surface area contributed by atoms with E-state index in [1.54, 1.807) is 11.4 Å². The summed E-state index contributed by atoms with van der Waals surface area (Å²) in [4.78, 5) is 24.4. The summed E-state index contributed by atoms with van der Waals surface area (Å²) in [5.41, 5.74) is 0. The van der Waals surface area contributed by atoms with Gasteiger partial charge in [0.1, 0.15) is 10.3 Å². The van der Waals surface area contributed by atoms with Crippen molar-refractivity contribution in [2.75, 3.05) is 6.54 Å². The van der Waals surface area contributed by atoms with E-state index in [-0.39, 0.29) is 17.2 Å². The zero-order valence-electron chi connectivity index (χ0n) is 10.7. The lowest BCUT2D eigenvalue weighted by Crippen LogP contribution is -2.44. The van der Waals surface area contributed by atoms with Crippen LogP contribution < -0.4 is 0 Å². The molecular formula is C11H12N2O6S2. The predicted octanol–water partition coefficient (Wildman–Crippen LogP) is 0.722. The van der Waals surface area contributed by atoms with E-state index in [0.29, 0.717) is 6.42 Å². The van der Waals surface area contributed by atoms with Crippen LogP contribution in [0.4, 0.5) is 4.79 Å². The van der Waals surface area contributed by atoms with E-state index in [2.05, 4.69) is 0 Å². The number of hydroxylamine groups is 2. The predicted molar refractivity (Wildman–Crippen MR) is 71.0 cm³/mol. The largest absolute Gasteiger partial charge is 0.480 e. The highest BCUT2D eigenvalue weighted by Gasteiger charge is 2.49. The highest BCUT2D eigenvalue weighted by Crippen LogP contribution is 2.32. The number of urea groups is 1. The Bertz CT molecular complexity index is 671. The number of carboxylic acid groups (broad SMARTS) is 1. The summed E-state index contributed by atoms with van der Waals surface area (Å²) in [6, 6.07) is 0.863. The molecule has 0 aliphatic carbocycles.